The van der Waals surface area contributed by atoms with E-state index < -0.39 is 5.97 Å². The second kappa shape index (κ2) is 7.51. The van der Waals surface area contributed by atoms with Crippen LogP contribution in [-0.4, -0.2) is 23.1 Å². The normalized spacial score (nSPS) is 25.1. The van der Waals surface area contributed by atoms with Gasteiger partial charge in [-0.15, -0.1) is 0 Å². The minimum Gasteiger partial charge on any atom is -0.481 e. The molecule has 4 nitrogen and oxygen atoms in total. The topological polar surface area (TPSA) is 63.6 Å². The third-order valence-corrected chi connectivity index (χ3v) is 3.88. The van der Waals surface area contributed by atoms with Gasteiger partial charge in [-0.05, 0) is 44.4 Å². The molecule has 1 rings (SSSR count). The van der Waals surface area contributed by atoms with Crippen molar-refractivity contribution >= 4 is 11.9 Å². The summed E-state index contributed by atoms with van der Waals surface area (Å²) < 4.78 is 5.56. The summed E-state index contributed by atoms with van der Waals surface area (Å²) in [5, 5.41) is 8.93. The van der Waals surface area contributed by atoms with E-state index in [2.05, 4.69) is 13.8 Å². The highest BCUT2D eigenvalue weighted by molar-refractivity contribution is 5.74. The molecule has 0 aromatic heterocycles. The summed E-state index contributed by atoms with van der Waals surface area (Å²) in [6.07, 6.45) is 4.22. The van der Waals surface area contributed by atoms with Gasteiger partial charge in [0.1, 0.15) is 6.10 Å². The molecule has 1 aliphatic carbocycles. The molecule has 1 N–H and O–H groups in total. The Labute approximate surface area is 115 Å². The first-order chi connectivity index (χ1) is 8.93. The van der Waals surface area contributed by atoms with E-state index in [1.54, 1.807) is 0 Å². The second-order valence-electron chi connectivity index (χ2n) is 5.98. The molecule has 110 valence electrons. The van der Waals surface area contributed by atoms with Crippen molar-refractivity contribution in [3.63, 3.8) is 0 Å². The summed E-state index contributed by atoms with van der Waals surface area (Å²) in [7, 11) is 0. The molecule has 0 heterocycles. The summed E-state index contributed by atoms with van der Waals surface area (Å²) in [6.45, 7) is 6.27. The summed E-state index contributed by atoms with van der Waals surface area (Å²) >= 11 is 0. The molecule has 1 unspecified atom stereocenters. The lowest BCUT2D eigenvalue weighted by Gasteiger charge is -2.27. The lowest BCUT2D eigenvalue weighted by molar-refractivity contribution is -0.158. The molecule has 0 spiro atoms. The van der Waals surface area contributed by atoms with Crippen molar-refractivity contribution in [3.8, 4) is 0 Å². The number of ether oxygens (including phenoxy) is 1. The van der Waals surface area contributed by atoms with Crippen molar-refractivity contribution in [2.75, 3.05) is 0 Å². The zero-order valence-electron chi connectivity index (χ0n) is 12.2. The predicted molar refractivity (Wildman–Crippen MR) is 72.7 cm³/mol. The predicted octanol–water partition coefficient (Wildman–Crippen LogP) is 3.25. The number of aliphatic carboxylic acids is 1. The van der Waals surface area contributed by atoms with E-state index in [0.29, 0.717) is 31.6 Å². The Balaban J connectivity index is 2.40. The fraction of sp³-hybridized carbons (Fsp3) is 0.867. The van der Waals surface area contributed by atoms with E-state index in [0.717, 1.165) is 12.8 Å². The van der Waals surface area contributed by atoms with Crippen LogP contribution in [0.15, 0.2) is 0 Å². The van der Waals surface area contributed by atoms with E-state index in [1.807, 2.05) is 6.92 Å². The van der Waals surface area contributed by atoms with Crippen molar-refractivity contribution in [2.45, 2.75) is 65.4 Å². The molecule has 0 saturated heterocycles. The molecule has 1 aliphatic rings. The molecule has 0 amide bonds. The average Bonchev–Trinajstić information content (AvgIpc) is 2.37. The third kappa shape index (κ3) is 5.21. The Morgan fingerprint density at radius 1 is 1.16 bits per heavy atom. The Kier molecular flexibility index (Phi) is 6.32. The summed E-state index contributed by atoms with van der Waals surface area (Å²) in [6, 6.07) is 0. The van der Waals surface area contributed by atoms with Crippen LogP contribution < -0.4 is 0 Å². The lowest BCUT2D eigenvalue weighted by atomic mass is 9.82. The van der Waals surface area contributed by atoms with Crippen LogP contribution in [0.1, 0.15) is 59.3 Å². The highest BCUT2D eigenvalue weighted by atomic mass is 16.5. The number of carbonyl (C=O) groups excluding carboxylic acids is 1. The van der Waals surface area contributed by atoms with Crippen LogP contribution in [0.5, 0.6) is 0 Å². The van der Waals surface area contributed by atoms with Crippen LogP contribution in [0.2, 0.25) is 0 Å². The fourth-order valence-corrected chi connectivity index (χ4v) is 2.66. The first-order valence-electron chi connectivity index (χ1n) is 7.37. The van der Waals surface area contributed by atoms with E-state index in [-0.39, 0.29) is 23.9 Å². The van der Waals surface area contributed by atoms with Crippen molar-refractivity contribution < 1.29 is 19.4 Å². The van der Waals surface area contributed by atoms with Crippen LogP contribution in [0.25, 0.3) is 0 Å². The zero-order valence-corrected chi connectivity index (χ0v) is 12.2. The van der Waals surface area contributed by atoms with Crippen LogP contribution in [0, 0.1) is 17.8 Å². The van der Waals surface area contributed by atoms with Crippen molar-refractivity contribution in [3.05, 3.63) is 0 Å². The van der Waals surface area contributed by atoms with Gasteiger partial charge >= 0.3 is 11.9 Å². The van der Waals surface area contributed by atoms with E-state index in [9.17, 15) is 9.59 Å². The first-order valence-corrected chi connectivity index (χ1v) is 7.37. The third-order valence-electron chi connectivity index (χ3n) is 3.88. The molecular weight excluding hydrogens is 244 g/mol. The molecule has 0 aromatic carbocycles. The fourth-order valence-electron chi connectivity index (χ4n) is 2.66. The van der Waals surface area contributed by atoms with E-state index in [4.69, 9.17) is 9.84 Å². The van der Waals surface area contributed by atoms with Crippen LogP contribution in [-0.2, 0) is 14.3 Å². The highest BCUT2D eigenvalue weighted by Gasteiger charge is 2.31. The van der Waals surface area contributed by atoms with Gasteiger partial charge in [0.25, 0.3) is 0 Å². The van der Waals surface area contributed by atoms with Gasteiger partial charge in [0, 0.05) is 0 Å². The maximum Gasteiger partial charge on any atom is 0.309 e. The van der Waals surface area contributed by atoms with Gasteiger partial charge < -0.3 is 9.84 Å². The number of rotatable bonds is 6. The van der Waals surface area contributed by atoms with E-state index in [1.165, 1.54) is 0 Å². The van der Waals surface area contributed by atoms with Crippen LogP contribution in [0.4, 0.5) is 0 Å². The number of carbonyl (C=O) groups is 2. The zero-order chi connectivity index (χ0) is 14.4. The summed E-state index contributed by atoms with van der Waals surface area (Å²) in [4.78, 5) is 22.9. The van der Waals surface area contributed by atoms with E-state index >= 15 is 0 Å². The number of hydrogen-bond donors (Lipinski definition) is 1. The second-order valence-corrected chi connectivity index (χ2v) is 5.98. The number of esters is 1. The first kappa shape index (κ1) is 16.0. The van der Waals surface area contributed by atoms with Gasteiger partial charge in [-0.1, -0.05) is 20.8 Å². The van der Waals surface area contributed by atoms with Crippen LogP contribution >= 0.6 is 0 Å². The minimum atomic E-state index is -0.738. The molecule has 1 atom stereocenters. The molecular formula is C15H26O4. The van der Waals surface area contributed by atoms with Crippen molar-refractivity contribution in [2.24, 2.45) is 17.8 Å². The Morgan fingerprint density at radius 2 is 1.68 bits per heavy atom. The van der Waals surface area contributed by atoms with Gasteiger partial charge in [-0.25, -0.2) is 0 Å². The smallest absolute Gasteiger partial charge is 0.309 e. The maximum absolute atomic E-state index is 12.1. The molecule has 4 heteroatoms. The number of carboxylic acid groups (broad SMARTS) is 1. The van der Waals surface area contributed by atoms with Crippen molar-refractivity contribution in [1.82, 2.24) is 0 Å². The summed E-state index contributed by atoms with van der Waals surface area (Å²) in [5.74, 6) is -0.728. The molecule has 0 radical (unpaired) electrons. The Hall–Kier alpha value is -1.06. The average molecular weight is 270 g/mol. The molecule has 19 heavy (non-hydrogen) atoms. The minimum absolute atomic E-state index is 0.00435. The van der Waals surface area contributed by atoms with Gasteiger partial charge in [0.05, 0.1) is 11.8 Å². The maximum atomic E-state index is 12.1. The summed E-state index contributed by atoms with van der Waals surface area (Å²) in [5.41, 5.74) is 0. The van der Waals surface area contributed by atoms with Crippen LogP contribution in [0.3, 0.4) is 0 Å². The Morgan fingerprint density at radius 3 is 2.11 bits per heavy atom. The molecule has 0 bridgehead atoms. The monoisotopic (exact) mass is 270 g/mol. The van der Waals surface area contributed by atoms with Crippen molar-refractivity contribution in [1.29, 1.82) is 0 Å². The van der Waals surface area contributed by atoms with Gasteiger partial charge in [0.15, 0.2) is 0 Å². The highest BCUT2D eigenvalue weighted by Crippen LogP contribution is 2.30. The lowest BCUT2D eigenvalue weighted by Crippen LogP contribution is -2.30. The van der Waals surface area contributed by atoms with Gasteiger partial charge in [-0.2, -0.15) is 0 Å². The van der Waals surface area contributed by atoms with Gasteiger partial charge in [-0.3, -0.25) is 9.59 Å². The largest absolute Gasteiger partial charge is 0.481 e. The molecule has 0 aliphatic heterocycles. The molecule has 1 saturated carbocycles. The standard InChI is InChI=1S/C15H26O4/c1-4-13(9-10(2)3)19-15(18)12-7-5-11(6-8-12)14(16)17/h10-13H,4-9H2,1-3H3,(H,16,17). The molecule has 1 fully saturated rings. The number of carboxylic acids is 1. The Bertz CT molecular complexity index is 303. The quantitative estimate of drug-likeness (QED) is 0.752. The SMILES string of the molecule is CCC(CC(C)C)OC(=O)C1CCC(C(=O)O)CC1. The number of hydrogen-bond acceptors (Lipinski definition) is 3. The van der Waals surface area contributed by atoms with Gasteiger partial charge in [0.2, 0.25) is 0 Å². The molecule has 0 aromatic rings.